The first-order valence-electron chi connectivity index (χ1n) is 7.79. The van der Waals surface area contributed by atoms with Crippen LogP contribution >= 0.6 is 0 Å². The molecule has 1 aliphatic carbocycles. The van der Waals surface area contributed by atoms with Crippen molar-refractivity contribution >= 4 is 11.5 Å². The molecule has 0 unspecified atom stereocenters. The lowest BCUT2D eigenvalue weighted by atomic mass is 10.1. The number of aromatic amines is 1. The maximum Gasteiger partial charge on any atom is 0.356 e. The number of hydrogen-bond acceptors (Lipinski definition) is 4. The third kappa shape index (κ3) is 2.20. The first kappa shape index (κ1) is 14.6. The van der Waals surface area contributed by atoms with E-state index in [0.717, 1.165) is 24.1 Å². The number of carbonyl (C=O) groups is 1. The van der Waals surface area contributed by atoms with E-state index in [0.29, 0.717) is 22.5 Å². The van der Waals surface area contributed by atoms with Crippen LogP contribution in [0.1, 0.15) is 46.1 Å². The van der Waals surface area contributed by atoms with E-state index in [-0.39, 0.29) is 17.2 Å². The second-order valence-corrected chi connectivity index (χ2v) is 6.23. The van der Waals surface area contributed by atoms with E-state index in [4.69, 9.17) is 0 Å². The van der Waals surface area contributed by atoms with Crippen molar-refractivity contribution in [3.8, 4) is 11.4 Å². The third-order valence-corrected chi connectivity index (χ3v) is 4.48. The van der Waals surface area contributed by atoms with Crippen molar-refractivity contribution in [3.63, 3.8) is 0 Å². The molecule has 0 amide bonds. The van der Waals surface area contributed by atoms with Gasteiger partial charge in [0.05, 0.1) is 17.6 Å². The smallest absolute Gasteiger partial charge is 0.356 e. The topological polar surface area (TPSA) is 100 Å². The van der Waals surface area contributed by atoms with Gasteiger partial charge in [-0.25, -0.2) is 9.31 Å². The Bertz CT molecular complexity index is 1040. The third-order valence-electron chi connectivity index (χ3n) is 4.48. The maximum absolute atomic E-state index is 12.6. The minimum atomic E-state index is -1.11. The molecule has 0 aliphatic heterocycles. The van der Waals surface area contributed by atoms with Gasteiger partial charge in [0.15, 0.2) is 5.69 Å². The van der Waals surface area contributed by atoms with Crippen LogP contribution in [0.15, 0.2) is 23.1 Å². The molecule has 0 spiro atoms. The Balaban J connectivity index is 1.96. The number of aromatic carboxylic acids is 1. The number of H-pyrrole nitrogens is 1. The molecule has 122 valence electrons. The Morgan fingerprint density at radius 3 is 2.71 bits per heavy atom. The molecule has 3 heterocycles. The Morgan fingerprint density at radius 1 is 1.33 bits per heavy atom. The molecule has 0 aromatic carbocycles. The summed E-state index contributed by atoms with van der Waals surface area (Å²) in [5.41, 5.74) is 3.56. The summed E-state index contributed by atoms with van der Waals surface area (Å²) in [5, 5.41) is 13.5. The quantitative estimate of drug-likeness (QED) is 0.770. The van der Waals surface area contributed by atoms with Gasteiger partial charge in [0.25, 0.3) is 5.56 Å². The van der Waals surface area contributed by atoms with Crippen molar-refractivity contribution in [1.82, 2.24) is 19.6 Å². The van der Waals surface area contributed by atoms with Crippen LogP contribution in [0.25, 0.3) is 16.9 Å². The van der Waals surface area contributed by atoms with Crippen molar-refractivity contribution in [2.45, 2.75) is 32.6 Å². The SMILES string of the molecule is Cc1ccc(-c2cn3nc(C(=O)O)c(C4CC4)c3c(=O)[nH]2)nc1C. The summed E-state index contributed by atoms with van der Waals surface area (Å²) < 4.78 is 1.38. The van der Waals surface area contributed by atoms with E-state index >= 15 is 0 Å². The van der Waals surface area contributed by atoms with Gasteiger partial charge in [-0.15, -0.1) is 0 Å². The van der Waals surface area contributed by atoms with Gasteiger partial charge >= 0.3 is 5.97 Å². The van der Waals surface area contributed by atoms with Crippen molar-refractivity contribution in [1.29, 1.82) is 0 Å². The van der Waals surface area contributed by atoms with Crippen LogP contribution in [0, 0.1) is 13.8 Å². The van der Waals surface area contributed by atoms with Crippen LogP contribution in [-0.2, 0) is 0 Å². The number of fused-ring (bicyclic) bond motifs is 1. The van der Waals surface area contributed by atoms with Crippen molar-refractivity contribution in [3.05, 3.63) is 51.2 Å². The summed E-state index contributed by atoms with van der Waals surface area (Å²) in [6.07, 6.45) is 3.41. The molecule has 7 nitrogen and oxygen atoms in total. The molecular weight excluding hydrogens is 308 g/mol. The maximum atomic E-state index is 12.6. The van der Waals surface area contributed by atoms with Gasteiger partial charge in [-0.1, -0.05) is 6.07 Å². The average molecular weight is 324 g/mol. The molecule has 0 atom stereocenters. The van der Waals surface area contributed by atoms with Gasteiger partial charge in [0.2, 0.25) is 0 Å². The lowest BCUT2D eigenvalue weighted by Gasteiger charge is -2.05. The lowest BCUT2D eigenvalue weighted by Crippen LogP contribution is -2.12. The van der Waals surface area contributed by atoms with Gasteiger partial charge in [-0.3, -0.25) is 9.78 Å². The molecule has 2 N–H and O–H groups in total. The highest BCUT2D eigenvalue weighted by Gasteiger charge is 2.34. The molecule has 1 saturated carbocycles. The molecule has 0 bridgehead atoms. The van der Waals surface area contributed by atoms with Gasteiger partial charge in [0.1, 0.15) is 5.52 Å². The summed E-state index contributed by atoms with van der Waals surface area (Å²) in [7, 11) is 0. The zero-order valence-electron chi connectivity index (χ0n) is 13.3. The molecular formula is C17H16N4O3. The zero-order chi connectivity index (χ0) is 17.0. The van der Waals surface area contributed by atoms with Crippen molar-refractivity contribution < 1.29 is 9.90 Å². The van der Waals surface area contributed by atoms with E-state index in [9.17, 15) is 14.7 Å². The average Bonchev–Trinajstić information content (AvgIpc) is 3.29. The van der Waals surface area contributed by atoms with E-state index in [1.54, 1.807) is 6.20 Å². The first-order valence-corrected chi connectivity index (χ1v) is 7.79. The number of carboxylic acid groups (broad SMARTS) is 1. The standard InChI is InChI=1S/C17H16N4O3/c1-8-3-6-11(18-9(8)2)12-7-21-15(16(22)19-12)13(10-4-5-10)14(20-21)17(23)24/h3,6-7,10H,4-5H2,1-2H3,(H,19,22)(H,23,24). The Hall–Kier alpha value is -2.96. The molecule has 24 heavy (non-hydrogen) atoms. The van der Waals surface area contributed by atoms with E-state index in [1.165, 1.54) is 4.52 Å². The van der Waals surface area contributed by atoms with Crippen LogP contribution in [0.2, 0.25) is 0 Å². The summed E-state index contributed by atoms with van der Waals surface area (Å²) >= 11 is 0. The molecule has 0 saturated heterocycles. The van der Waals surface area contributed by atoms with E-state index < -0.39 is 5.97 Å². The summed E-state index contributed by atoms with van der Waals surface area (Å²) in [6.45, 7) is 3.86. The number of aryl methyl sites for hydroxylation is 2. The van der Waals surface area contributed by atoms with E-state index in [2.05, 4.69) is 15.1 Å². The number of nitrogens with zero attached hydrogens (tertiary/aromatic N) is 3. The normalized spacial score (nSPS) is 14.2. The highest BCUT2D eigenvalue weighted by atomic mass is 16.4. The number of pyridine rings is 1. The van der Waals surface area contributed by atoms with Gasteiger partial charge in [-0.2, -0.15) is 5.10 Å². The largest absolute Gasteiger partial charge is 0.476 e. The Morgan fingerprint density at radius 2 is 2.08 bits per heavy atom. The monoisotopic (exact) mass is 324 g/mol. The molecule has 0 radical (unpaired) electrons. The zero-order valence-corrected chi connectivity index (χ0v) is 13.3. The van der Waals surface area contributed by atoms with Gasteiger partial charge in [0, 0.05) is 11.3 Å². The van der Waals surface area contributed by atoms with Gasteiger partial charge < -0.3 is 10.1 Å². The highest BCUT2D eigenvalue weighted by molar-refractivity contribution is 5.90. The summed E-state index contributed by atoms with van der Waals surface area (Å²) in [5.74, 6) is -0.994. The van der Waals surface area contributed by atoms with Crippen molar-refractivity contribution in [2.24, 2.45) is 0 Å². The number of rotatable bonds is 3. The highest BCUT2D eigenvalue weighted by Crippen LogP contribution is 2.43. The van der Waals surface area contributed by atoms with Crippen LogP contribution in [0.5, 0.6) is 0 Å². The fourth-order valence-corrected chi connectivity index (χ4v) is 2.93. The first-order chi connectivity index (χ1) is 11.5. The minimum absolute atomic E-state index is 0.0341. The van der Waals surface area contributed by atoms with Crippen LogP contribution in [-0.4, -0.2) is 30.7 Å². The molecule has 1 fully saturated rings. The predicted octanol–water partition coefficient (Wildman–Crippen LogP) is 2.28. The Kier molecular flexibility index (Phi) is 3.06. The minimum Gasteiger partial charge on any atom is -0.476 e. The van der Waals surface area contributed by atoms with Crippen molar-refractivity contribution in [2.75, 3.05) is 0 Å². The van der Waals surface area contributed by atoms with Gasteiger partial charge in [-0.05, 0) is 44.2 Å². The van der Waals surface area contributed by atoms with Crippen LogP contribution in [0.4, 0.5) is 0 Å². The second kappa shape index (κ2) is 5.02. The molecule has 7 heteroatoms. The predicted molar refractivity (Wildman–Crippen MR) is 87.5 cm³/mol. The number of aromatic nitrogens is 4. The Labute approximate surface area is 137 Å². The fourth-order valence-electron chi connectivity index (χ4n) is 2.93. The summed E-state index contributed by atoms with van der Waals surface area (Å²) in [6, 6.07) is 3.75. The summed E-state index contributed by atoms with van der Waals surface area (Å²) in [4.78, 5) is 31.3. The lowest BCUT2D eigenvalue weighted by molar-refractivity contribution is 0.0689. The van der Waals surface area contributed by atoms with Crippen LogP contribution in [0.3, 0.4) is 0 Å². The van der Waals surface area contributed by atoms with E-state index in [1.807, 2.05) is 26.0 Å². The molecule has 3 aromatic rings. The van der Waals surface area contributed by atoms with Crippen LogP contribution < -0.4 is 5.56 Å². The number of nitrogens with one attached hydrogen (secondary N) is 1. The number of carboxylic acids is 1. The number of hydrogen-bond donors (Lipinski definition) is 2. The second-order valence-electron chi connectivity index (χ2n) is 6.23. The molecule has 4 rings (SSSR count). The molecule has 3 aromatic heterocycles. The molecule has 1 aliphatic rings. The fraction of sp³-hybridized carbons (Fsp3) is 0.294.